The lowest BCUT2D eigenvalue weighted by atomic mass is 9.94. The number of benzene rings is 2. The van der Waals surface area contributed by atoms with Crippen LogP contribution in [0.1, 0.15) is 45.7 Å². The van der Waals surface area contributed by atoms with Crippen LogP contribution in [0, 0.1) is 0 Å². The van der Waals surface area contributed by atoms with E-state index in [1.165, 1.54) is 0 Å². The van der Waals surface area contributed by atoms with Crippen LogP contribution in [-0.2, 0) is 4.79 Å². The Balaban J connectivity index is 1.76. The number of fused-ring (bicyclic) bond motifs is 1. The molecule has 0 spiro atoms. The normalized spacial score (nSPS) is 14.8. The fourth-order valence-electron chi connectivity index (χ4n) is 3.96. The number of hydrogen-bond acceptors (Lipinski definition) is 7. The van der Waals surface area contributed by atoms with Crippen molar-refractivity contribution < 1.29 is 14.3 Å². The number of nitrogens with zero attached hydrogens (tertiary/aromatic N) is 3. The summed E-state index contributed by atoms with van der Waals surface area (Å²) in [4.78, 5) is 18.4. The molecule has 1 aromatic heterocycles. The largest absolute Gasteiger partial charge is 0.494 e. The first-order chi connectivity index (χ1) is 17.0. The predicted octanol–water partition coefficient (Wildman–Crippen LogP) is 5.51. The standard InChI is InChI=1S/C26H31N5O3S/c1-5-15-34-19-12-10-11-18(16-19)23-22(17(4)27-25-29-26(35-7-3)30-31(23)25)24(32)28-20-13-8-9-14-21(20)33-6-2/h8-14,16,23H,5-7,15H2,1-4H3,(H,28,32)(H,27,29,30). The van der Waals surface area contributed by atoms with Gasteiger partial charge >= 0.3 is 0 Å². The minimum absolute atomic E-state index is 0.238. The van der Waals surface area contributed by atoms with Crippen LogP contribution in [0.15, 0.2) is 65.0 Å². The van der Waals surface area contributed by atoms with E-state index in [1.807, 2.05) is 62.4 Å². The second-order valence-corrected chi connectivity index (χ2v) is 9.20. The molecule has 0 fully saturated rings. The Bertz CT molecular complexity index is 1220. The number of hydrogen-bond donors (Lipinski definition) is 2. The number of anilines is 2. The van der Waals surface area contributed by atoms with E-state index in [1.54, 1.807) is 16.4 Å². The highest BCUT2D eigenvalue weighted by atomic mass is 32.2. The van der Waals surface area contributed by atoms with E-state index in [4.69, 9.17) is 14.6 Å². The molecule has 2 N–H and O–H groups in total. The average Bonchev–Trinajstić information content (AvgIpc) is 3.25. The van der Waals surface area contributed by atoms with Crippen molar-refractivity contribution in [1.29, 1.82) is 0 Å². The fourth-order valence-corrected chi connectivity index (χ4v) is 4.51. The van der Waals surface area contributed by atoms with Crippen molar-refractivity contribution in [3.05, 3.63) is 65.4 Å². The number of rotatable bonds is 10. The van der Waals surface area contributed by atoms with Crippen LogP contribution >= 0.6 is 11.8 Å². The lowest BCUT2D eigenvalue weighted by molar-refractivity contribution is -0.113. The highest BCUT2D eigenvalue weighted by molar-refractivity contribution is 7.99. The first-order valence-electron chi connectivity index (χ1n) is 11.9. The molecule has 1 aliphatic heterocycles. The summed E-state index contributed by atoms with van der Waals surface area (Å²) in [7, 11) is 0. The van der Waals surface area contributed by atoms with E-state index in [-0.39, 0.29) is 5.91 Å². The summed E-state index contributed by atoms with van der Waals surface area (Å²) in [6.45, 7) is 9.06. The van der Waals surface area contributed by atoms with Crippen LogP contribution in [0.25, 0.3) is 0 Å². The Morgan fingerprint density at radius 3 is 2.74 bits per heavy atom. The summed E-state index contributed by atoms with van der Waals surface area (Å²) in [5.41, 5.74) is 2.77. The number of carbonyl (C=O) groups is 1. The molecule has 184 valence electrons. The zero-order chi connectivity index (χ0) is 24.8. The molecule has 1 unspecified atom stereocenters. The van der Waals surface area contributed by atoms with Crippen molar-refractivity contribution in [3.63, 3.8) is 0 Å². The minimum Gasteiger partial charge on any atom is -0.494 e. The van der Waals surface area contributed by atoms with E-state index in [0.29, 0.717) is 47.0 Å². The van der Waals surface area contributed by atoms with E-state index in [2.05, 4.69) is 29.5 Å². The van der Waals surface area contributed by atoms with Crippen LogP contribution in [0.5, 0.6) is 11.5 Å². The third-order valence-electron chi connectivity index (χ3n) is 5.43. The van der Waals surface area contributed by atoms with Crippen LogP contribution in [0.3, 0.4) is 0 Å². The molecule has 9 heteroatoms. The van der Waals surface area contributed by atoms with Gasteiger partial charge in [0.25, 0.3) is 5.91 Å². The molecule has 0 saturated heterocycles. The number of allylic oxidation sites excluding steroid dienone is 1. The molecule has 0 radical (unpaired) electrons. The Kier molecular flexibility index (Phi) is 7.97. The molecular formula is C26H31N5O3S. The van der Waals surface area contributed by atoms with Gasteiger partial charge in [0.1, 0.15) is 17.5 Å². The van der Waals surface area contributed by atoms with Crippen LogP contribution < -0.4 is 20.1 Å². The lowest BCUT2D eigenvalue weighted by Gasteiger charge is -2.29. The minimum atomic E-state index is -0.477. The maximum atomic E-state index is 13.8. The topological polar surface area (TPSA) is 90.3 Å². The third kappa shape index (κ3) is 5.45. The van der Waals surface area contributed by atoms with E-state index >= 15 is 0 Å². The second-order valence-electron chi connectivity index (χ2n) is 7.97. The number of nitrogens with one attached hydrogen (secondary N) is 2. The number of amides is 1. The summed E-state index contributed by atoms with van der Waals surface area (Å²) in [6, 6.07) is 14.8. The van der Waals surface area contributed by atoms with Gasteiger partial charge in [-0.05, 0) is 55.9 Å². The monoisotopic (exact) mass is 493 g/mol. The van der Waals surface area contributed by atoms with Crippen molar-refractivity contribution in [3.8, 4) is 11.5 Å². The van der Waals surface area contributed by atoms with Gasteiger partial charge in [-0.3, -0.25) is 4.79 Å². The average molecular weight is 494 g/mol. The first kappa shape index (κ1) is 24.7. The predicted molar refractivity (Wildman–Crippen MR) is 139 cm³/mol. The molecule has 1 aliphatic rings. The number of thioether (sulfide) groups is 1. The molecule has 2 heterocycles. The molecule has 2 aromatic carbocycles. The van der Waals surface area contributed by atoms with Crippen LogP contribution in [0.2, 0.25) is 0 Å². The van der Waals surface area contributed by atoms with Gasteiger partial charge in [-0.15, -0.1) is 5.10 Å². The van der Waals surface area contributed by atoms with Crippen molar-refractivity contribution in [1.82, 2.24) is 14.8 Å². The van der Waals surface area contributed by atoms with Gasteiger partial charge in [0.05, 0.1) is 24.5 Å². The smallest absolute Gasteiger partial charge is 0.255 e. The Labute approximate surface area is 210 Å². The van der Waals surface area contributed by atoms with Crippen molar-refractivity contribution in [2.75, 3.05) is 29.6 Å². The number of para-hydroxylation sites is 2. The Morgan fingerprint density at radius 2 is 1.97 bits per heavy atom. The SMILES string of the molecule is CCCOc1cccc(C2C(C(=O)Nc3ccccc3OCC)=C(C)Nc3nc(SCC)nn32)c1. The summed E-state index contributed by atoms with van der Waals surface area (Å²) >= 11 is 1.56. The maximum Gasteiger partial charge on any atom is 0.255 e. The van der Waals surface area contributed by atoms with Crippen LogP contribution in [0.4, 0.5) is 11.6 Å². The quantitative estimate of drug-likeness (QED) is 0.360. The molecule has 4 rings (SSSR count). The molecule has 0 aliphatic carbocycles. The molecular weight excluding hydrogens is 462 g/mol. The molecule has 35 heavy (non-hydrogen) atoms. The molecule has 0 bridgehead atoms. The molecule has 1 atom stereocenters. The van der Waals surface area contributed by atoms with Crippen molar-refractivity contribution in [2.45, 2.75) is 45.3 Å². The molecule has 8 nitrogen and oxygen atoms in total. The summed E-state index contributed by atoms with van der Waals surface area (Å²) in [5, 5.41) is 11.7. The van der Waals surface area contributed by atoms with Gasteiger partial charge in [-0.2, -0.15) is 4.98 Å². The molecule has 3 aromatic rings. The number of ether oxygens (including phenoxy) is 2. The molecule has 0 saturated carbocycles. The van der Waals surface area contributed by atoms with Gasteiger partial charge in [-0.1, -0.05) is 49.9 Å². The van der Waals surface area contributed by atoms with E-state index in [0.717, 1.165) is 23.5 Å². The van der Waals surface area contributed by atoms with Gasteiger partial charge in [0.15, 0.2) is 0 Å². The number of aromatic nitrogens is 3. The van der Waals surface area contributed by atoms with Gasteiger partial charge < -0.3 is 20.1 Å². The first-order valence-corrected chi connectivity index (χ1v) is 12.9. The van der Waals surface area contributed by atoms with Crippen LogP contribution in [-0.4, -0.2) is 39.6 Å². The second kappa shape index (κ2) is 11.3. The summed E-state index contributed by atoms with van der Waals surface area (Å²) in [5.74, 6) is 2.60. The fraction of sp³-hybridized carbons (Fsp3) is 0.346. The highest BCUT2D eigenvalue weighted by Crippen LogP contribution is 2.38. The van der Waals surface area contributed by atoms with Gasteiger partial charge in [0, 0.05) is 5.70 Å². The number of carbonyl (C=O) groups excluding carboxylic acids is 1. The lowest BCUT2D eigenvalue weighted by Crippen LogP contribution is -2.31. The maximum absolute atomic E-state index is 13.8. The van der Waals surface area contributed by atoms with E-state index < -0.39 is 6.04 Å². The third-order valence-corrected chi connectivity index (χ3v) is 6.15. The van der Waals surface area contributed by atoms with Crippen molar-refractivity contribution >= 4 is 29.3 Å². The van der Waals surface area contributed by atoms with Crippen molar-refractivity contribution in [2.24, 2.45) is 0 Å². The Hall–Kier alpha value is -3.46. The molecule has 1 amide bonds. The highest BCUT2D eigenvalue weighted by Gasteiger charge is 2.35. The van der Waals surface area contributed by atoms with Gasteiger partial charge in [-0.25, -0.2) is 4.68 Å². The zero-order valence-electron chi connectivity index (χ0n) is 20.5. The van der Waals surface area contributed by atoms with Gasteiger partial charge in [0.2, 0.25) is 11.1 Å². The zero-order valence-corrected chi connectivity index (χ0v) is 21.3. The van der Waals surface area contributed by atoms with E-state index in [9.17, 15) is 4.79 Å². The Morgan fingerprint density at radius 1 is 1.14 bits per heavy atom. The summed E-state index contributed by atoms with van der Waals surface area (Å²) in [6.07, 6.45) is 0.911. The summed E-state index contributed by atoms with van der Waals surface area (Å²) < 4.78 is 13.4.